The van der Waals surface area contributed by atoms with Crippen LogP contribution >= 0.6 is 0 Å². The SMILES string of the molecule is C=C1CC(CO)N(C)C1.C=C1CCN(C(=O)c2cc(OC)c(OCCCCCOc3cc(CC)c(C=O)cc3OC)cc2NC(=C)C)C1.C=CN.CC.CC.CC.CO. The van der Waals surface area contributed by atoms with Gasteiger partial charge in [0.15, 0.2) is 23.0 Å². The van der Waals surface area contributed by atoms with Gasteiger partial charge in [-0.2, -0.15) is 0 Å². The zero-order valence-electron chi connectivity index (χ0n) is 38.7. The quantitative estimate of drug-likeness (QED) is 0.0728. The van der Waals surface area contributed by atoms with Crippen molar-refractivity contribution >= 4 is 17.9 Å². The molecule has 2 aromatic rings. The number of methoxy groups -OCH3 is 2. The molecule has 0 bridgehead atoms. The molecule has 2 saturated heterocycles. The molecule has 0 radical (unpaired) electrons. The molecule has 1 unspecified atom stereocenters. The molecule has 5 N–H and O–H groups in total. The van der Waals surface area contributed by atoms with Crippen molar-refractivity contribution in [1.29, 1.82) is 0 Å². The van der Waals surface area contributed by atoms with Gasteiger partial charge in [0, 0.05) is 50.1 Å². The van der Waals surface area contributed by atoms with E-state index in [1.807, 2.05) is 68.5 Å². The molecule has 2 aliphatic rings. The average molecular weight is 829 g/mol. The number of rotatable bonds is 16. The summed E-state index contributed by atoms with van der Waals surface area (Å²) in [6.45, 7) is 34.2. The van der Waals surface area contributed by atoms with Crippen LogP contribution < -0.4 is 30.0 Å². The van der Waals surface area contributed by atoms with Crippen LogP contribution in [0.3, 0.4) is 0 Å². The normalized spacial score (nSPS) is 13.5. The number of aryl methyl sites for hydroxylation is 1. The molecular formula is C47H80N4O8. The molecule has 1 amide bonds. The van der Waals surface area contributed by atoms with Crippen LogP contribution in [0.5, 0.6) is 23.0 Å². The van der Waals surface area contributed by atoms with Crippen LogP contribution in [-0.4, -0.2) is 106 Å². The van der Waals surface area contributed by atoms with Crippen LogP contribution in [0.4, 0.5) is 5.69 Å². The lowest BCUT2D eigenvalue weighted by Crippen LogP contribution is -2.28. The summed E-state index contributed by atoms with van der Waals surface area (Å²) in [6.07, 6.45) is 7.15. The monoisotopic (exact) mass is 829 g/mol. The Hall–Kier alpha value is -4.78. The highest BCUT2D eigenvalue weighted by molar-refractivity contribution is 6.01. The molecule has 4 rings (SSSR count). The Labute approximate surface area is 357 Å². The average Bonchev–Trinajstić information content (AvgIpc) is 3.85. The van der Waals surface area contributed by atoms with Crippen molar-refractivity contribution in [3.05, 3.63) is 90.3 Å². The van der Waals surface area contributed by atoms with Gasteiger partial charge in [-0.1, -0.05) is 85.9 Å². The van der Waals surface area contributed by atoms with E-state index >= 15 is 0 Å². The predicted molar refractivity (Wildman–Crippen MR) is 248 cm³/mol. The molecule has 0 saturated carbocycles. The second kappa shape index (κ2) is 36.3. The second-order valence-electron chi connectivity index (χ2n) is 12.6. The zero-order chi connectivity index (χ0) is 45.9. The van der Waals surface area contributed by atoms with Crippen LogP contribution in [0.25, 0.3) is 0 Å². The zero-order valence-corrected chi connectivity index (χ0v) is 38.7. The van der Waals surface area contributed by atoms with Gasteiger partial charge < -0.3 is 45.1 Å². The van der Waals surface area contributed by atoms with Gasteiger partial charge >= 0.3 is 0 Å². The maximum absolute atomic E-state index is 13.2. The highest BCUT2D eigenvalue weighted by atomic mass is 16.5. The smallest absolute Gasteiger partial charge is 0.256 e. The topological polar surface area (TPSA) is 156 Å². The lowest BCUT2D eigenvalue weighted by molar-refractivity contribution is 0.0796. The fourth-order valence-electron chi connectivity index (χ4n) is 5.70. The summed E-state index contributed by atoms with van der Waals surface area (Å²) in [7, 11) is 6.15. The molecule has 2 fully saturated rings. The molecule has 2 aliphatic heterocycles. The molecule has 2 heterocycles. The third-order valence-electron chi connectivity index (χ3n) is 8.39. The van der Waals surface area contributed by atoms with Crippen LogP contribution in [0.15, 0.2) is 73.6 Å². The highest BCUT2D eigenvalue weighted by Gasteiger charge is 2.26. The van der Waals surface area contributed by atoms with E-state index in [0.29, 0.717) is 72.2 Å². The first-order chi connectivity index (χ1) is 28.5. The fraction of sp³-hybridized carbons (Fsp3) is 0.532. The minimum atomic E-state index is -0.0780. The number of unbranched alkanes of at least 4 members (excludes halogenated alkanes) is 2. The van der Waals surface area contributed by atoms with Crippen LogP contribution in [-0.2, 0) is 6.42 Å². The van der Waals surface area contributed by atoms with Gasteiger partial charge in [-0.15, -0.1) is 0 Å². The van der Waals surface area contributed by atoms with Crippen LogP contribution in [0.1, 0.15) is 114 Å². The fourth-order valence-corrected chi connectivity index (χ4v) is 5.70. The maximum Gasteiger partial charge on any atom is 0.256 e. The van der Waals surface area contributed by atoms with E-state index in [1.165, 1.54) is 11.8 Å². The van der Waals surface area contributed by atoms with Crippen LogP contribution in [0, 0.1) is 0 Å². The largest absolute Gasteiger partial charge is 0.493 e. The molecule has 1 atom stereocenters. The number of benzene rings is 2. The van der Waals surface area contributed by atoms with Crippen molar-refractivity contribution in [1.82, 2.24) is 9.80 Å². The third kappa shape index (κ3) is 21.7. The second-order valence-corrected chi connectivity index (χ2v) is 12.6. The van der Waals surface area contributed by atoms with E-state index < -0.39 is 0 Å². The van der Waals surface area contributed by atoms with E-state index in [2.05, 4.69) is 42.3 Å². The highest BCUT2D eigenvalue weighted by Crippen LogP contribution is 2.36. The van der Waals surface area contributed by atoms with E-state index in [4.69, 9.17) is 29.2 Å². The van der Waals surface area contributed by atoms with E-state index in [-0.39, 0.29) is 12.5 Å². The summed E-state index contributed by atoms with van der Waals surface area (Å²) >= 11 is 0. The first-order valence-corrected chi connectivity index (χ1v) is 20.7. The number of likely N-dealkylation sites (tertiary alicyclic amines) is 2. The predicted octanol–water partition coefficient (Wildman–Crippen LogP) is 9.07. The molecule has 0 spiro atoms. The third-order valence-corrected chi connectivity index (χ3v) is 8.39. The summed E-state index contributed by atoms with van der Waals surface area (Å²) in [4.78, 5) is 28.5. The summed E-state index contributed by atoms with van der Waals surface area (Å²) in [6, 6.07) is 7.46. The number of carbonyl (C=O) groups is 2. The number of hydrogen-bond acceptors (Lipinski definition) is 11. The number of aliphatic hydroxyl groups is 2. The van der Waals surface area contributed by atoms with Crippen molar-refractivity contribution in [3.63, 3.8) is 0 Å². The summed E-state index contributed by atoms with van der Waals surface area (Å²) in [5.41, 5.74) is 10.3. The van der Waals surface area contributed by atoms with Crippen molar-refractivity contribution < 1.29 is 38.7 Å². The molecule has 12 nitrogen and oxygen atoms in total. The number of aldehydes is 1. The van der Waals surface area contributed by atoms with Gasteiger partial charge in [0.2, 0.25) is 0 Å². The van der Waals surface area contributed by atoms with E-state index in [0.717, 1.165) is 75.3 Å². The molecule has 2 aromatic carbocycles. The number of nitrogens with one attached hydrogen (secondary N) is 1. The standard InChI is InChI=1S/C31H40N2O6.C7H13NO.C2H5N.3C2H6.CH4O/c1-7-23-15-29(27(36-5)16-24(23)20-34)38-13-9-8-10-14-39-30-18-26(32-21(2)3)25(17-28(30)37-6)31(35)33-12-11-22(4)19-33;1-6-3-7(5-9)8(2)4-6;1-2-3;4*1-2/h15-18,20,32H,2,4,7-14,19H2,1,3,5-6H3;7,9H,1,3-5H2,2H3;2H,1,3H2;3*1-2H3;2H,1H3. The number of hydrogen-bond donors (Lipinski definition) is 4. The summed E-state index contributed by atoms with van der Waals surface area (Å²) in [5.74, 6) is 2.19. The summed E-state index contributed by atoms with van der Waals surface area (Å²) < 4.78 is 23.0. The molecule has 12 heteroatoms. The molecule has 59 heavy (non-hydrogen) atoms. The van der Waals surface area contributed by atoms with Gasteiger partial charge in [0.05, 0.1) is 45.3 Å². The molecule has 0 aliphatic carbocycles. The number of anilines is 1. The molecule has 336 valence electrons. The van der Waals surface area contributed by atoms with Gasteiger partial charge in [-0.25, -0.2) is 0 Å². The Kier molecular flexibility index (Phi) is 36.0. The van der Waals surface area contributed by atoms with E-state index in [9.17, 15) is 9.59 Å². The van der Waals surface area contributed by atoms with E-state index in [1.54, 1.807) is 37.3 Å². The van der Waals surface area contributed by atoms with Gasteiger partial charge in [0.1, 0.15) is 6.29 Å². The Morgan fingerprint density at radius 1 is 0.898 bits per heavy atom. The number of amides is 1. The number of ether oxygens (including phenoxy) is 4. The molecule has 0 aromatic heterocycles. The number of likely N-dealkylation sites (N-methyl/N-ethyl adjacent to an activating group) is 1. The number of nitrogens with zero attached hydrogens (tertiary/aromatic N) is 2. The Balaban J connectivity index is -0.00000131. The maximum atomic E-state index is 13.2. The lowest BCUT2D eigenvalue weighted by Gasteiger charge is -2.21. The van der Waals surface area contributed by atoms with Gasteiger partial charge in [0.25, 0.3) is 5.91 Å². The van der Waals surface area contributed by atoms with Crippen molar-refractivity contribution in [3.8, 4) is 23.0 Å². The number of aliphatic hydroxyl groups excluding tert-OH is 2. The first-order valence-electron chi connectivity index (χ1n) is 20.7. The Morgan fingerprint density at radius 3 is 1.81 bits per heavy atom. The van der Waals surface area contributed by atoms with Gasteiger partial charge in [-0.05, 0) is 82.5 Å². The minimum Gasteiger partial charge on any atom is -0.493 e. The Bertz CT molecular complexity index is 1510. The van der Waals surface area contributed by atoms with Crippen molar-refractivity contribution in [2.24, 2.45) is 5.73 Å². The van der Waals surface area contributed by atoms with Crippen molar-refractivity contribution in [2.75, 3.05) is 73.1 Å². The van der Waals surface area contributed by atoms with Crippen LogP contribution in [0.2, 0.25) is 0 Å². The molecular weight excluding hydrogens is 749 g/mol. The van der Waals surface area contributed by atoms with Crippen molar-refractivity contribution in [2.45, 2.75) is 100.0 Å². The number of nitrogens with two attached hydrogens (primary N) is 1. The summed E-state index contributed by atoms with van der Waals surface area (Å²) in [5, 5.41) is 19.0. The Morgan fingerprint density at radius 2 is 1.42 bits per heavy atom. The first kappa shape index (κ1) is 58.5. The number of carbonyl (C=O) groups excluding carboxylic acids is 2. The minimum absolute atomic E-state index is 0.0780. The number of allylic oxidation sites excluding steroid dienone is 1. The van der Waals surface area contributed by atoms with Gasteiger partial charge in [-0.3, -0.25) is 14.5 Å². The lowest BCUT2D eigenvalue weighted by atomic mass is 10.1.